The van der Waals surface area contributed by atoms with E-state index in [1.54, 1.807) is 11.8 Å². The van der Waals surface area contributed by atoms with E-state index in [0.717, 1.165) is 6.42 Å². The molecule has 1 atom stereocenters. The highest BCUT2D eigenvalue weighted by molar-refractivity contribution is 5.98. The summed E-state index contributed by atoms with van der Waals surface area (Å²) in [5, 5.41) is 0. The zero-order chi connectivity index (χ0) is 20.0. The molecule has 0 radical (unpaired) electrons. The third-order valence-corrected chi connectivity index (χ3v) is 4.53. The Hall–Kier alpha value is -2.90. The number of esters is 1. The molecule has 1 aromatic rings. The number of piperidine rings is 1. The maximum absolute atomic E-state index is 12.5. The van der Waals surface area contributed by atoms with Gasteiger partial charge in [-0.15, -0.1) is 0 Å². The number of carbonyl (C=O) groups is 4. The van der Waals surface area contributed by atoms with Crippen LogP contribution in [0.25, 0.3) is 0 Å². The van der Waals surface area contributed by atoms with E-state index in [-0.39, 0.29) is 30.2 Å². The molecule has 1 aliphatic heterocycles. The predicted octanol–water partition coefficient (Wildman–Crippen LogP) is 0.659. The van der Waals surface area contributed by atoms with Crippen molar-refractivity contribution in [1.29, 1.82) is 0 Å². The molecule has 2 rings (SSSR count). The Bertz CT molecular complexity index is 717. The average Bonchev–Trinajstić information content (AvgIpc) is 2.67. The minimum Gasteiger partial charge on any atom is -0.466 e. The molecule has 8 heteroatoms. The molecule has 8 nitrogen and oxygen atoms in total. The second kappa shape index (κ2) is 9.16. The molecule has 1 aliphatic rings. The summed E-state index contributed by atoms with van der Waals surface area (Å²) in [6, 6.07) is 5.95. The van der Waals surface area contributed by atoms with E-state index in [1.165, 1.54) is 36.2 Å². The second-order valence-corrected chi connectivity index (χ2v) is 6.53. The Labute approximate surface area is 158 Å². The normalized spacial score (nSPS) is 16.5. The number of carbonyl (C=O) groups excluding carboxylic acids is 4. The van der Waals surface area contributed by atoms with Crippen molar-refractivity contribution in [3.63, 3.8) is 0 Å². The Kier molecular flexibility index (Phi) is 6.92. The van der Waals surface area contributed by atoms with E-state index in [0.29, 0.717) is 37.2 Å². The van der Waals surface area contributed by atoms with Crippen LogP contribution < -0.4 is 5.73 Å². The number of benzene rings is 1. The number of hydrogen-bond donors (Lipinski definition) is 1. The molecule has 27 heavy (non-hydrogen) atoms. The van der Waals surface area contributed by atoms with Crippen LogP contribution in [0.5, 0.6) is 0 Å². The third-order valence-electron chi connectivity index (χ3n) is 4.53. The Morgan fingerprint density at radius 1 is 1.19 bits per heavy atom. The number of ether oxygens (including phenoxy) is 1. The topological polar surface area (TPSA) is 110 Å². The lowest BCUT2D eigenvalue weighted by molar-refractivity contribution is -0.151. The van der Waals surface area contributed by atoms with Gasteiger partial charge in [-0.1, -0.05) is 0 Å². The molecule has 1 unspecified atom stereocenters. The van der Waals surface area contributed by atoms with Gasteiger partial charge < -0.3 is 20.3 Å². The molecule has 1 fully saturated rings. The van der Waals surface area contributed by atoms with E-state index in [2.05, 4.69) is 0 Å². The predicted molar refractivity (Wildman–Crippen MR) is 97.9 cm³/mol. The van der Waals surface area contributed by atoms with Crippen molar-refractivity contribution in [3.05, 3.63) is 35.4 Å². The third kappa shape index (κ3) is 5.29. The zero-order valence-corrected chi connectivity index (χ0v) is 15.6. The summed E-state index contributed by atoms with van der Waals surface area (Å²) in [7, 11) is 1.54. The van der Waals surface area contributed by atoms with E-state index >= 15 is 0 Å². The molecular formula is C19H25N3O5. The summed E-state index contributed by atoms with van der Waals surface area (Å²) in [6.45, 7) is 2.85. The first-order valence-corrected chi connectivity index (χ1v) is 8.93. The zero-order valence-electron chi connectivity index (χ0n) is 15.6. The Balaban J connectivity index is 1.94. The van der Waals surface area contributed by atoms with Crippen LogP contribution >= 0.6 is 0 Å². The SMILES string of the molecule is CCOC(=O)C1CCCN(C(=O)CN(C)C(=O)c2ccc(C(N)=O)cc2)C1. The maximum Gasteiger partial charge on any atom is 0.310 e. The molecule has 146 valence electrons. The summed E-state index contributed by atoms with van der Waals surface area (Å²) in [5.74, 6) is -1.72. The molecule has 0 saturated carbocycles. The number of likely N-dealkylation sites (tertiary alicyclic amines) is 1. The summed E-state index contributed by atoms with van der Waals surface area (Å²) in [5.41, 5.74) is 5.85. The number of nitrogens with zero attached hydrogens (tertiary/aromatic N) is 2. The minimum absolute atomic E-state index is 0.0913. The van der Waals surface area contributed by atoms with E-state index in [9.17, 15) is 19.2 Å². The summed E-state index contributed by atoms with van der Waals surface area (Å²) < 4.78 is 5.04. The fraction of sp³-hybridized carbons (Fsp3) is 0.474. The van der Waals surface area contributed by atoms with E-state index < -0.39 is 5.91 Å². The van der Waals surface area contributed by atoms with Crippen molar-refractivity contribution in [2.75, 3.05) is 33.3 Å². The largest absolute Gasteiger partial charge is 0.466 e. The fourth-order valence-electron chi connectivity index (χ4n) is 3.03. The van der Waals surface area contributed by atoms with E-state index in [4.69, 9.17) is 10.5 Å². The van der Waals surface area contributed by atoms with Crippen molar-refractivity contribution < 1.29 is 23.9 Å². The van der Waals surface area contributed by atoms with Gasteiger partial charge in [0.2, 0.25) is 11.8 Å². The number of amides is 3. The van der Waals surface area contributed by atoms with Crippen LogP contribution in [0.4, 0.5) is 0 Å². The van der Waals surface area contributed by atoms with Crippen molar-refractivity contribution in [2.24, 2.45) is 11.7 Å². The average molecular weight is 375 g/mol. The van der Waals surface area contributed by atoms with Gasteiger partial charge in [-0.3, -0.25) is 19.2 Å². The summed E-state index contributed by atoms with van der Waals surface area (Å²) in [6.07, 6.45) is 1.42. The van der Waals surface area contributed by atoms with Crippen LogP contribution in [0.1, 0.15) is 40.5 Å². The quantitative estimate of drug-likeness (QED) is 0.735. The van der Waals surface area contributed by atoms with Crippen LogP contribution in [-0.4, -0.2) is 66.8 Å². The number of nitrogens with two attached hydrogens (primary N) is 1. The van der Waals surface area contributed by atoms with Gasteiger partial charge in [0.15, 0.2) is 0 Å². The lowest BCUT2D eigenvalue weighted by Crippen LogP contribution is -2.47. The van der Waals surface area contributed by atoms with Crippen LogP contribution in [0.3, 0.4) is 0 Å². The molecule has 2 N–H and O–H groups in total. The second-order valence-electron chi connectivity index (χ2n) is 6.53. The fourth-order valence-corrected chi connectivity index (χ4v) is 3.03. The van der Waals surface area contributed by atoms with Crippen LogP contribution in [0.2, 0.25) is 0 Å². The van der Waals surface area contributed by atoms with Gasteiger partial charge in [0.05, 0.1) is 19.1 Å². The monoisotopic (exact) mass is 375 g/mol. The highest BCUT2D eigenvalue weighted by atomic mass is 16.5. The Morgan fingerprint density at radius 2 is 1.81 bits per heavy atom. The van der Waals surface area contributed by atoms with Gasteiger partial charge in [0.25, 0.3) is 5.91 Å². The lowest BCUT2D eigenvalue weighted by atomic mass is 9.98. The van der Waals surface area contributed by atoms with Gasteiger partial charge in [-0.05, 0) is 44.0 Å². The number of rotatable bonds is 6. The molecular weight excluding hydrogens is 350 g/mol. The van der Waals surface area contributed by atoms with E-state index in [1.807, 2.05) is 0 Å². The summed E-state index contributed by atoms with van der Waals surface area (Å²) >= 11 is 0. The first kappa shape index (κ1) is 20.4. The van der Waals surface area contributed by atoms with Crippen LogP contribution in [0.15, 0.2) is 24.3 Å². The first-order chi connectivity index (χ1) is 12.8. The Morgan fingerprint density at radius 3 is 2.41 bits per heavy atom. The molecule has 1 aromatic carbocycles. The van der Waals surface area contributed by atoms with Crippen molar-refractivity contribution in [3.8, 4) is 0 Å². The standard InChI is InChI=1S/C19H25N3O5/c1-3-27-19(26)15-5-4-10-22(11-15)16(23)12-21(2)18(25)14-8-6-13(7-9-14)17(20)24/h6-9,15H,3-5,10-12H2,1-2H3,(H2,20,24). The number of hydrogen-bond acceptors (Lipinski definition) is 5. The smallest absolute Gasteiger partial charge is 0.310 e. The molecule has 0 spiro atoms. The number of primary amides is 1. The molecule has 0 bridgehead atoms. The van der Waals surface area contributed by atoms with Gasteiger partial charge in [-0.2, -0.15) is 0 Å². The molecule has 0 aliphatic carbocycles. The van der Waals surface area contributed by atoms with Crippen LogP contribution in [-0.2, 0) is 14.3 Å². The molecule has 1 saturated heterocycles. The minimum atomic E-state index is -0.571. The summed E-state index contributed by atoms with van der Waals surface area (Å²) in [4.78, 5) is 50.9. The van der Waals surface area contributed by atoms with Gasteiger partial charge in [0.1, 0.15) is 0 Å². The molecule has 1 heterocycles. The van der Waals surface area contributed by atoms with Crippen molar-refractivity contribution in [1.82, 2.24) is 9.80 Å². The van der Waals surface area contributed by atoms with Gasteiger partial charge in [0, 0.05) is 31.3 Å². The van der Waals surface area contributed by atoms with Gasteiger partial charge in [-0.25, -0.2) is 0 Å². The molecule has 0 aromatic heterocycles. The van der Waals surface area contributed by atoms with Crippen LogP contribution in [0, 0.1) is 5.92 Å². The maximum atomic E-state index is 12.5. The van der Waals surface area contributed by atoms with Crippen molar-refractivity contribution >= 4 is 23.7 Å². The van der Waals surface area contributed by atoms with Gasteiger partial charge >= 0.3 is 5.97 Å². The lowest BCUT2D eigenvalue weighted by Gasteiger charge is -2.32. The highest BCUT2D eigenvalue weighted by Gasteiger charge is 2.30. The highest BCUT2D eigenvalue weighted by Crippen LogP contribution is 2.18. The van der Waals surface area contributed by atoms with Crippen molar-refractivity contribution in [2.45, 2.75) is 19.8 Å². The molecule has 3 amide bonds. The number of likely N-dealkylation sites (N-methyl/N-ethyl adjacent to an activating group) is 1. The first-order valence-electron chi connectivity index (χ1n) is 8.93.